The van der Waals surface area contributed by atoms with Crippen molar-refractivity contribution in [1.29, 1.82) is 0 Å². The van der Waals surface area contributed by atoms with Crippen LogP contribution < -0.4 is 11.5 Å². The highest BCUT2D eigenvalue weighted by atomic mass is 19.2. The Morgan fingerprint density at radius 2 is 1.62 bits per heavy atom. The SMILES string of the molecule is NCC(N)c1cc(F)c(F)cc1F. The van der Waals surface area contributed by atoms with Gasteiger partial charge in [-0.15, -0.1) is 0 Å². The van der Waals surface area contributed by atoms with Crippen LogP contribution in [0.15, 0.2) is 12.1 Å². The normalized spacial score (nSPS) is 13.0. The van der Waals surface area contributed by atoms with Crippen molar-refractivity contribution in [2.45, 2.75) is 6.04 Å². The highest BCUT2D eigenvalue weighted by molar-refractivity contribution is 5.23. The third-order valence-electron chi connectivity index (χ3n) is 1.69. The number of hydrogen-bond acceptors (Lipinski definition) is 2. The summed E-state index contributed by atoms with van der Waals surface area (Å²) in [6.45, 7) is -0.0258. The fourth-order valence-corrected chi connectivity index (χ4v) is 0.949. The molecular formula is C8H9F3N2. The topological polar surface area (TPSA) is 52.0 Å². The van der Waals surface area contributed by atoms with Gasteiger partial charge in [0.25, 0.3) is 0 Å². The summed E-state index contributed by atoms with van der Waals surface area (Å²) in [4.78, 5) is 0. The maximum Gasteiger partial charge on any atom is 0.161 e. The molecule has 1 rings (SSSR count). The minimum Gasteiger partial charge on any atom is -0.329 e. The van der Waals surface area contributed by atoms with Crippen LogP contribution in [0.2, 0.25) is 0 Å². The lowest BCUT2D eigenvalue weighted by molar-refractivity contribution is 0.485. The number of benzene rings is 1. The first-order chi connectivity index (χ1) is 6.06. The molecule has 0 spiro atoms. The predicted molar refractivity (Wildman–Crippen MR) is 42.3 cm³/mol. The minimum atomic E-state index is -1.23. The molecule has 0 bridgehead atoms. The van der Waals surface area contributed by atoms with Crippen LogP contribution in [0.1, 0.15) is 11.6 Å². The van der Waals surface area contributed by atoms with Gasteiger partial charge in [-0.2, -0.15) is 0 Å². The van der Waals surface area contributed by atoms with Gasteiger partial charge in [0.05, 0.1) is 0 Å². The molecular weight excluding hydrogens is 181 g/mol. The molecule has 0 aliphatic carbocycles. The second kappa shape index (κ2) is 3.76. The maximum absolute atomic E-state index is 12.9. The number of nitrogens with two attached hydrogens (primary N) is 2. The second-order valence-electron chi connectivity index (χ2n) is 2.63. The Hall–Kier alpha value is -1.07. The van der Waals surface area contributed by atoms with E-state index in [1.165, 1.54) is 0 Å². The molecule has 2 nitrogen and oxygen atoms in total. The Bertz CT molecular complexity index is 315. The van der Waals surface area contributed by atoms with E-state index in [9.17, 15) is 13.2 Å². The summed E-state index contributed by atoms with van der Waals surface area (Å²) in [5.41, 5.74) is 10.4. The number of rotatable bonds is 2. The first kappa shape index (κ1) is 10.0. The predicted octanol–water partition coefficient (Wildman–Crippen LogP) is 1.06. The van der Waals surface area contributed by atoms with Crippen LogP contribution in [0.3, 0.4) is 0 Å². The van der Waals surface area contributed by atoms with Gasteiger partial charge in [-0.3, -0.25) is 0 Å². The zero-order valence-corrected chi connectivity index (χ0v) is 6.73. The second-order valence-corrected chi connectivity index (χ2v) is 2.63. The van der Waals surface area contributed by atoms with E-state index in [4.69, 9.17) is 11.5 Å². The third-order valence-corrected chi connectivity index (χ3v) is 1.69. The van der Waals surface area contributed by atoms with Crippen LogP contribution in [-0.4, -0.2) is 6.54 Å². The lowest BCUT2D eigenvalue weighted by atomic mass is 10.1. The fraction of sp³-hybridized carbons (Fsp3) is 0.250. The maximum atomic E-state index is 12.9. The van der Waals surface area contributed by atoms with E-state index < -0.39 is 23.5 Å². The molecule has 0 saturated heterocycles. The molecule has 5 heteroatoms. The van der Waals surface area contributed by atoms with Gasteiger partial charge in [0.1, 0.15) is 5.82 Å². The van der Waals surface area contributed by atoms with Crippen molar-refractivity contribution < 1.29 is 13.2 Å². The number of hydrogen-bond donors (Lipinski definition) is 2. The Labute approximate surface area is 73.3 Å². The van der Waals surface area contributed by atoms with Gasteiger partial charge in [0.15, 0.2) is 11.6 Å². The molecule has 1 aromatic carbocycles. The third kappa shape index (κ3) is 1.99. The van der Waals surface area contributed by atoms with Crippen LogP contribution in [0.5, 0.6) is 0 Å². The molecule has 0 amide bonds. The van der Waals surface area contributed by atoms with Gasteiger partial charge in [0.2, 0.25) is 0 Å². The smallest absolute Gasteiger partial charge is 0.161 e. The van der Waals surface area contributed by atoms with Gasteiger partial charge < -0.3 is 11.5 Å². The van der Waals surface area contributed by atoms with E-state index >= 15 is 0 Å². The molecule has 1 atom stereocenters. The zero-order chi connectivity index (χ0) is 10.0. The van der Waals surface area contributed by atoms with Gasteiger partial charge in [-0.1, -0.05) is 0 Å². The summed E-state index contributed by atoms with van der Waals surface area (Å²) in [5, 5.41) is 0. The van der Waals surface area contributed by atoms with E-state index in [0.29, 0.717) is 6.07 Å². The Balaban J connectivity index is 3.15. The van der Waals surface area contributed by atoms with Crippen molar-refractivity contribution in [3.63, 3.8) is 0 Å². The molecule has 0 fully saturated rings. The average Bonchev–Trinajstić information content (AvgIpc) is 2.10. The first-order valence-electron chi connectivity index (χ1n) is 3.66. The van der Waals surface area contributed by atoms with Gasteiger partial charge in [-0.25, -0.2) is 13.2 Å². The van der Waals surface area contributed by atoms with E-state index in [2.05, 4.69) is 0 Å². The van der Waals surface area contributed by atoms with E-state index in [0.717, 1.165) is 6.07 Å². The summed E-state index contributed by atoms with van der Waals surface area (Å²) in [7, 11) is 0. The van der Waals surface area contributed by atoms with Crippen molar-refractivity contribution in [3.8, 4) is 0 Å². The summed E-state index contributed by atoms with van der Waals surface area (Å²) < 4.78 is 38.0. The molecule has 0 saturated carbocycles. The molecule has 4 N–H and O–H groups in total. The Morgan fingerprint density at radius 1 is 1.08 bits per heavy atom. The van der Waals surface area contributed by atoms with Gasteiger partial charge >= 0.3 is 0 Å². The van der Waals surface area contributed by atoms with Crippen molar-refractivity contribution in [2.24, 2.45) is 11.5 Å². The monoisotopic (exact) mass is 190 g/mol. The molecule has 1 unspecified atom stereocenters. The first-order valence-corrected chi connectivity index (χ1v) is 3.66. The van der Waals surface area contributed by atoms with Crippen molar-refractivity contribution in [3.05, 3.63) is 35.1 Å². The van der Waals surface area contributed by atoms with Crippen LogP contribution in [-0.2, 0) is 0 Å². The van der Waals surface area contributed by atoms with Crippen LogP contribution in [0.4, 0.5) is 13.2 Å². The largest absolute Gasteiger partial charge is 0.329 e. The van der Waals surface area contributed by atoms with E-state index in [-0.39, 0.29) is 12.1 Å². The van der Waals surface area contributed by atoms with E-state index in [1.807, 2.05) is 0 Å². The summed E-state index contributed by atoms with van der Waals surface area (Å²) in [6.07, 6.45) is 0. The standard InChI is InChI=1S/C8H9F3N2/c9-5-2-7(11)6(10)1-4(5)8(13)3-12/h1-2,8H,3,12-13H2. The Kier molecular flexibility index (Phi) is 2.90. The molecule has 0 heterocycles. The van der Waals surface area contributed by atoms with Crippen molar-refractivity contribution in [2.75, 3.05) is 6.54 Å². The molecule has 0 aliphatic heterocycles. The van der Waals surface area contributed by atoms with Gasteiger partial charge in [0, 0.05) is 24.2 Å². The van der Waals surface area contributed by atoms with E-state index in [1.54, 1.807) is 0 Å². The molecule has 13 heavy (non-hydrogen) atoms. The van der Waals surface area contributed by atoms with Crippen molar-refractivity contribution in [1.82, 2.24) is 0 Å². The molecule has 0 aromatic heterocycles. The lowest BCUT2D eigenvalue weighted by Crippen LogP contribution is -2.22. The average molecular weight is 190 g/mol. The summed E-state index contributed by atoms with van der Waals surface area (Å²) in [6, 6.07) is 0.373. The van der Waals surface area contributed by atoms with Crippen molar-refractivity contribution >= 4 is 0 Å². The van der Waals surface area contributed by atoms with Gasteiger partial charge in [-0.05, 0) is 6.07 Å². The molecule has 0 radical (unpaired) electrons. The number of halogens is 3. The highest BCUT2D eigenvalue weighted by Crippen LogP contribution is 2.18. The highest BCUT2D eigenvalue weighted by Gasteiger charge is 2.14. The summed E-state index contributed by atoms with van der Waals surface area (Å²) >= 11 is 0. The lowest BCUT2D eigenvalue weighted by Gasteiger charge is -2.10. The molecule has 72 valence electrons. The van der Waals surface area contributed by atoms with Crippen LogP contribution in [0.25, 0.3) is 0 Å². The quantitative estimate of drug-likeness (QED) is 0.685. The van der Waals surface area contributed by atoms with Crippen LogP contribution in [0, 0.1) is 17.5 Å². The zero-order valence-electron chi connectivity index (χ0n) is 6.73. The summed E-state index contributed by atoms with van der Waals surface area (Å²) in [5.74, 6) is -3.23. The fourth-order valence-electron chi connectivity index (χ4n) is 0.949. The molecule has 0 aliphatic rings. The Morgan fingerprint density at radius 3 is 2.15 bits per heavy atom. The molecule has 1 aromatic rings. The minimum absolute atomic E-state index is 0.0258. The van der Waals surface area contributed by atoms with Crippen LogP contribution >= 0.6 is 0 Å².